The Bertz CT molecular complexity index is 1040. The van der Waals surface area contributed by atoms with Crippen LogP contribution in [0.1, 0.15) is 36.8 Å². The van der Waals surface area contributed by atoms with E-state index >= 15 is 0 Å². The zero-order valence-electron chi connectivity index (χ0n) is 16.2. The van der Waals surface area contributed by atoms with Crippen LogP contribution in [0.3, 0.4) is 0 Å². The molecule has 1 saturated carbocycles. The Hall–Kier alpha value is -2.61. The Balaban J connectivity index is 1.50. The van der Waals surface area contributed by atoms with Crippen LogP contribution in [0.5, 0.6) is 0 Å². The van der Waals surface area contributed by atoms with E-state index in [0.29, 0.717) is 35.6 Å². The van der Waals surface area contributed by atoms with Crippen LogP contribution in [0.4, 0.5) is 19.0 Å². The zero-order chi connectivity index (χ0) is 21.1. The van der Waals surface area contributed by atoms with Crippen molar-refractivity contribution >= 4 is 28.6 Å². The van der Waals surface area contributed by atoms with Crippen molar-refractivity contribution in [2.75, 3.05) is 11.9 Å². The molecule has 3 aromatic rings. The van der Waals surface area contributed by atoms with E-state index in [-0.39, 0.29) is 5.28 Å². The first-order chi connectivity index (χ1) is 14.4. The molecule has 30 heavy (non-hydrogen) atoms. The maximum Gasteiger partial charge on any atom is 0.416 e. The van der Waals surface area contributed by atoms with Gasteiger partial charge in [-0.25, -0.2) is 4.98 Å². The van der Waals surface area contributed by atoms with Crippen molar-refractivity contribution in [3.05, 3.63) is 59.2 Å². The summed E-state index contributed by atoms with van der Waals surface area (Å²) in [6, 6.07) is 5.08. The molecule has 158 valence electrons. The molecule has 2 heterocycles. The number of nitrogens with one attached hydrogen (secondary N) is 1. The molecule has 9 heteroatoms. The van der Waals surface area contributed by atoms with Crippen molar-refractivity contribution in [3.63, 3.8) is 0 Å². The van der Waals surface area contributed by atoms with Crippen LogP contribution in [0.25, 0.3) is 11.2 Å². The molecule has 1 N–H and O–H groups in total. The number of hydrogen-bond acceptors (Lipinski definition) is 4. The van der Waals surface area contributed by atoms with E-state index in [9.17, 15) is 13.2 Å². The number of nitrogens with zero attached hydrogens (tertiary/aromatic N) is 4. The molecule has 1 aliphatic carbocycles. The standard InChI is InChI=1S/C21H21ClF3N5/c22-20-28-18(26-11-2-1-4-14-5-3-6-14)17-19(29-20)27-13-30(17)12-15-7-9-16(10-8-15)21(23,24)25/h1,4,7-10,13-14H,2-3,5-6,11-12H2,(H,26,28,29). The van der Waals surface area contributed by atoms with Gasteiger partial charge in [0.15, 0.2) is 11.5 Å². The van der Waals surface area contributed by atoms with Gasteiger partial charge in [-0.1, -0.05) is 30.7 Å². The van der Waals surface area contributed by atoms with Gasteiger partial charge in [0.05, 0.1) is 11.9 Å². The Morgan fingerprint density at radius 1 is 1.17 bits per heavy atom. The Kier molecular flexibility index (Phi) is 5.94. The van der Waals surface area contributed by atoms with Crippen LogP contribution in [-0.2, 0) is 12.7 Å². The lowest BCUT2D eigenvalue weighted by Gasteiger charge is -2.21. The summed E-state index contributed by atoms with van der Waals surface area (Å²) >= 11 is 6.03. The normalized spacial score (nSPS) is 15.1. The number of aromatic nitrogens is 4. The molecular weight excluding hydrogens is 415 g/mol. The van der Waals surface area contributed by atoms with E-state index in [1.807, 2.05) is 0 Å². The molecule has 0 amide bonds. The van der Waals surface area contributed by atoms with Gasteiger partial charge in [-0.2, -0.15) is 23.1 Å². The first-order valence-electron chi connectivity index (χ1n) is 9.85. The summed E-state index contributed by atoms with van der Waals surface area (Å²) in [7, 11) is 0. The summed E-state index contributed by atoms with van der Waals surface area (Å²) in [5, 5.41) is 3.38. The maximum absolute atomic E-state index is 12.8. The maximum atomic E-state index is 12.8. The van der Waals surface area contributed by atoms with Gasteiger partial charge in [0.25, 0.3) is 0 Å². The van der Waals surface area contributed by atoms with Gasteiger partial charge in [0.2, 0.25) is 5.28 Å². The average Bonchev–Trinajstić information content (AvgIpc) is 3.05. The van der Waals surface area contributed by atoms with Gasteiger partial charge in [-0.15, -0.1) is 0 Å². The summed E-state index contributed by atoms with van der Waals surface area (Å²) in [5.41, 5.74) is 1.15. The highest BCUT2D eigenvalue weighted by Gasteiger charge is 2.30. The second-order valence-electron chi connectivity index (χ2n) is 7.42. The third-order valence-corrected chi connectivity index (χ3v) is 5.41. The van der Waals surface area contributed by atoms with Gasteiger partial charge in [0, 0.05) is 13.1 Å². The molecule has 1 aromatic carbocycles. The van der Waals surface area contributed by atoms with Crippen LogP contribution in [-0.4, -0.2) is 26.1 Å². The van der Waals surface area contributed by atoms with Crippen LogP contribution < -0.4 is 5.32 Å². The molecule has 4 rings (SSSR count). The molecule has 0 radical (unpaired) electrons. The molecule has 0 atom stereocenters. The number of imidazole rings is 1. The number of hydrogen-bond donors (Lipinski definition) is 1. The monoisotopic (exact) mass is 435 g/mol. The summed E-state index contributed by atoms with van der Waals surface area (Å²) in [6.07, 6.45) is 6.40. The summed E-state index contributed by atoms with van der Waals surface area (Å²) in [4.78, 5) is 12.7. The summed E-state index contributed by atoms with van der Waals surface area (Å²) in [5.74, 6) is 1.28. The highest BCUT2D eigenvalue weighted by molar-refractivity contribution is 6.28. The van der Waals surface area contributed by atoms with E-state index in [1.165, 1.54) is 31.4 Å². The third kappa shape index (κ3) is 4.75. The number of halogens is 4. The smallest absolute Gasteiger partial charge is 0.368 e. The van der Waals surface area contributed by atoms with Gasteiger partial charge < -0.3 is 9.88 Å². The van der Waals surface area contributed by atoms with E-state index in [4.69, 9.17) is 11.6 Å². The van der Waals surface area contributed by atoms with Crippen molar-refractivity contribution in [2.24, 2.45) is 5.92 Å². The van der Waals surface area contributed by atoms with Gasteiger partial charge in [-0.3, -0.25) is 0 Å². The molecule has 0 unspecified atom stereocenters. The molecule has 0 spiro atoms. The molecule has 0 aliphatic heterocycles. The minimum Gasteiger partial charge on any atom is -0.368 e. The first-order valence-corrected chi connectivity index (χ1v) is 10.2. The number of alkyl halides is 3. The SMILES string of the molecule is FC(F)(F)c1ccc(Cn2cnc3nc(Cl)nc(NCCC=CC4CCC4)c32)cc1. The fraction of sp³-hybridized carbons (Fsp3) is 0.381. The van der Waals surface area contributed by atoms with Crippen LogP contribution in [0, 0.1) is 5.92 Å². The topological polar surface area (TPSA) is 55.6 Å². The molecule has 1 fully saturated rings. The average molecular weight is 436 g/mol. The molecule has 0 bridgehead atoms. The second-order valence-corrected chi connectivity index (χ2v) is 7.75. The predicted octanol–water partition coefficient (Wildman–Crippen LogP) is 5.71. The van der Waals surface area contributed by atoms with Crippen molar-refractivity contribution in [3.8, 4) is 0 Å². The fourth-order valence-electron chi connectivity index (χ4n) is 3.39. The quantitative estimate of drug-likeness (QED) is 0.293. The van der Waals surface area contributed by atoms with Crippen molar-refractivity contribution < 1.29 is 13.2 Å². The molecular formula is C21H21ClF3N5. The lowest BCUT2D eigenvalue weighted by molar-refractivity contribution is -0.137. The molecule has 5 nitrogen and oxygen atoms in total. The lowest BCUT2D eigenvalue weighted by Crippen LogP contribution is -2.09. The van der Waals surface area contributed by atoms with E-state index in [0.717, 1.165) is 24.5 Å². The number of fused-ring (bicyclic) bond motifs is 1. The van der Waals surface area contributed by atoms with Gasteiger partial charge >= 0.3 is 6.18 Å². The predicted molar refractivity (Wildman–Crippen MR) is 110 cm³/mol. The largest absolute Gasteiger partial charge is 0.416 e. The number of rotatable bonds is 7. The number of benzene rings is 1. The highest BCUT2D eigenvalue weighted by atomic mass is 35.5. The summed E-state index contributed by atoms with van der Waals surface area (Å²) in [6.45, 7) is 1.02. The highest BCUT2D eigenvalue weighted by Crippen LogP contribution is 2.30. The molecule has 0 saturated heterocycles. The van der Waals surface area contributed by atoms with E-state index in [1.54, 1.807) is 10.9 Å². The van der Waals surface area contributed by atoms with E-state index in [2.05, 4.69) is 32.4 Å². The number of allylic oxidation sites excluding steroid dienone is 1. The molecule has 1 aliphatic rings. The van der Waals surface area contributed by atoms with Crippen LogP contribution in [0.15, 0.2) is 42.7 Å². The Morgan fingerprint density at radius 3 is 2.60 bits per heavy atom. The Morgan fingerprint density at radius 2 is 1.93 bits per heavy atom. The minimum absolute atomic E-state index is 0.0924. The van der Waals surface area contributed by atoms with Crippen molar-refractivity contribution in [1.82, 2.24) is 19.5 Å². The van der Waals surface area contributed by atoms with Crippen molar-refractivity contribution in [1.29, 1.82) is 0 Å². The fourth-order valence-corrected chi connectivity index (χ4v) is 3.55. The zero-order valence-corrected chi connectivity index (χ0v) is 16.9. The second kappa shape index (κ2) is 8.63. The third-order valence-electron chi connectivity index (χ3n) is 5.24. The van der Waals surface area contributed by atoms with Crippen LogP contribution >= 0.6 is 11.6 Å². The minimum atomic E-state index is -4.35. The van der Waals surface area contributed by atoms with Gasteiger partial charge in [-0.05, 0) is 54.5 Å². The number of anilines is 1. The summed E-state index contributed by atoms with van der Waals surface area (Å²) < 4.78 is 40.1. The first kappa shape index (κ1) is 20.7. The molecule has 2 aromatic heterocycles. The van der Waals surface area contributed by atoms with E-state index < -0.39 is 11.7 Å². The van der Waals surface area contributed by atoms with Crippen LogP contribution in [0.2, 0.25) is 5.28 Å². The van der Waals surface area contributed by atoms with Crippen molar-refractivity contribution in [2.45, 2.75) is 38.4 Å². The lowest BCUT2D eigenvalue weighted by atomic mass is 9.85. The Labute approximate surface area is 177 Å². The van der Waals surface area contributed by atoms with Gasteiger partial charge in [0.1, 0.15) is 5.52 Å².